The zero-order valence-corrected chi connectivity index (χ0v) is 17.1. The topological polar surface area (TPSA) is 26.5 Å². The molecular weight excluding hydrogens is 360 g/mol. The summed E-state index contributed by atoms with van der Waals surface area (Å²) in [5.41, 5.74) is 0.831. The monoisotopic (exact) mass is 382 g/mol. The number of hydrogen-bond acceptors (Lipinski definition) is 3. The van der Waals surface area contributed by atoms with Crippen molar-refractivity contribution in [3.8, 4) is 5.75 Å². The first-order valence-electron chi connectivity index (χ1n) is 7.89. The van der Waals surface area contributed by atoms with Crippen LogP contribution in [0, 0.1) is 0 Å². The Bertz CT molecular complexity index is 800. The second-order valence-electron chi connectivity index (χ2n) is 6.58. The minimum absolute atomic E-state index is 0.0866. The van der Waals surface area contributed by atoms with Gasteiger partial charge in [-0.05, 0) is 30.0 Å². The van der Waals surface area contributed by atoms with Gasteiger partial charge >= 0.3 is 0 Å². The summed E-state index contributed by atoms with van der Waals surface area (Å²) in [6.45, 7) is 9.69. The predicted molar refractivity (Wildman–Crippen MR) is 107 cm³/mol. The minimum atomic E-state index is 0.0866. The molecule has 3 nitrogen and oxygen atoms in total. The molecule has 0 radical (unpaired) electrons. The molecule has 1 aromatic carbocycles. The fourth-order valence-electron chi connectivity index (χ4n) is 2.21. The lowest BCUT2D eigenvalue weighted by Gasteiger charge is -2.14. The summed E-state index contributed by atoms with van der Waals surface area (Å²) in [6, 6.07) is 5.40. The van der Waals surface area contributed by atoms with Crippen LogP contribution in [0.3, 0.4) is 0 Å². The van der Waals surface area contributed by atoms with E-state index in [9.17, 15) is 0 Å². The second kappa shape index (κ2) is 7.81. The maximum atomic E-state index is 6.11. The maximum absolute atomic E-state index is 6.11. The average molecular weight is 383 g/mol. The van der Waals surface area contributed by atoms with Crippen LogP contribution in [-0.2, 0) is 12.0 Å². The van der Waals surface area contributed by atoms with Crippen molar-refractivity contribution in [2.24, 2.45) is 4.99 Å². The first kappa shape index (κ1) is 19.2. The molecule has 0 aliphatic carbocycles. The van der Waals surface area contributed by atoms with Crippen molar-refractivity contribution in [3.05, 3.63) is 44.7 Å². The molecule has 6 heteroatoms. The number of aromatic nitrogens is 1. The number of halogens is 1. The second-order valence-corrected chi connectivity index (χ2v) is 8.42. The summed E-state index contributed by atoms with van der Waals surface area (Å²) in [6.07, 6.45) is 3.23. The van der Waals surface area contributed by atoms with Crippen molar-refractivity contribution < 1.29 is 4.74 Å². The predicted octanol–water partition coefficient (Wildman–Crippen LogP) is 5.20. The van der Waals surface area contributed by atoms with Crippen LogP contribution < -0.4 is 9.54 Å². The molecule has 1 aromatic heterocycles. The zero-order valence-electron chi connectivity index (χ0n) is 14.7. The fourth-order valence-corrected chi connectivity index (χ4v) is 3.77. The molecule has 2 rings (SSSR count). The molecule has 0 saturated carbocycles. The van der Waals surface area contributed by atoms with Crippen molar-refractivity contribution >= 4 is 40.1 Å². The average Bonchev–Trinajstić information content (AvgIpc) is 2.90. The van der Waals surface area contributed by atoms with Crippen molar-refractivity contribution in [3.63, 3.8) is 0 Å². The van der Waals surface area contributed by atoms with Gasteiger partial charge in [0.2, 0.25) is 0 Å². The van der Waals surface area contributed by atoms with E-state index in [0.29, 0.717) is 15.8 Å². The normalized spacial score (nSPS) is 12.5. The molecule has 0 N–H and O–H groups in total. The van der Waals surface area contributed by atoms with Crippen LogP contribution in [0.1, 0.15) is 44.6 Å². The molecule has 0 spiro atoms. The first-order chi connectivity index (χ1) is 11.3. The van der Waals surface area contributed by atoms with Crippen molar-refractivity contribution in [2.75, 3.05) is 7.11 Å². The number of hydrogen-bond donors (Lipinski definition) is 0. The van der Waals surface area contributed by atoms with E-state index in [0.717, 1.165) is 23.3 Å². The number of methoxy groups -OCH3 is 1. The summed E-state index contributed by atoms with van der Waals surface area (Å²) >= 11 is 13.3. The number of ether oxygens (including phenoxy) is 1. The van der Waals surface area contributed by atoms with Gasteiger partial charge in [-0.3, -0.25) is 0 Å². The van der Waals surface area contributed by atoms with Crippen LogP contribution in [-0.4, -0.2) is 16.7 Å². The summed E-state index contributed by atoms with van der Waals surface area (Å²) in [4.78, 5) is 7.39. The van der Waals surface area contributed by atoms with Crippen LogP contribution in [0.2, 0.25) is 5.02 Å². The Morgan fingerprint density at radius 3 is 2.67 bits per heavy atom. The third-order valence-electron chi connectivity index (χ3n) is 3.51. The summed E-state index contributed by atoms with van der Waals surface area (Å²) in [5, 5.41) is 0.617. The molecule has 130 valence electrons. The van der Waals surface area contributed by atoms with Gasteiger partial charge in [-0.1, -0.05) is 51.5 Å². The lowest BCUT2D eigenvalue weighted by molar-refractivity contribution is 0.414. The Hall–Kier alpha value is -1.17. The molecule has 1 heterocycles. The van der Waals surface area contributed by atoms with Crippen LogP contribution in [0.15, 0.2) is 29.4 Å². The van der Waals surface area contributed by atoms with Gasteiger partial charge in [-0.25, -0.2) is 4.99 Å². The van der Waals surface area contributed by atoms with Gasteiger partial charge in [0.15, 0.2) is 4.80 Å². The molecule has 0 saturated heterocycles. The Labute approximate surface area is 158 Å². The van der Waals surface area contributed by atoms with E-state index in [1.54, 1.807) is 30.6 Å². The molecule has 2 aromatic rings. The number of thiocarbonyl (C=S) groups is 1. The number of aryl methyl sites for hydroxylation is 1. The lowest BCUT2D eigenvalue weighted by Crippen LogP contribution is -2.16. The standard InChI is InChI=1S/C18H23ClN2OS2/c1-6-9-21-11-15(18(2,3)4)24-17(21)20-16(23)13-10-12(19)7-8-14(13)22-5/h7-8,10-11H,6,9H2,1-5H3/b20-17-. The Morgan fingerprint density at radius 1 is 1.38 bits per heavy atom. The molecule has 24 heavy (non-hydrogen) atoms. The van der Waals surface area contributed by atoms with E-state index in [1.807, 2.05) is 6.07 Å². The minimum Gasteiger partial charge on any atom is -0.496 e. The van der Waals surface area contributed by atoms with Crippen LogP contribution in [0.4, 0.5) is 0 Å². The highest BCUT2D eigenvalue weighted by Crippen LogP contribution is 2.26. The summed E-state index contributed by atoms with van der Waals surface area (Å²) < 4.78 is 7.56. The molecule has 0 fully saturated rings. The largest absolute Gasteiger partial charge is 0.496 e. The van der Waals surface area contributed by atoms with Crippen LogP contribution >= 0.6 is 35.2 Å². The smallest absolute Gasteiger partial charge is 0.191 e. The molecule has 0 aliphatic rings. The van der Waals surface area contributed by atoms with Gasteiger partial charge in [-0.15, -0.1) is 11.3 Å². The zero-order chi connectivity index (χ0) is 17.9. The van der Waals surface area contributed by atoms with Crippen molar-refractivity contribution in [1.29, 1.82) is 0 Å². The maximum Gasteiger partial charge on any atom is 0.191 e. The Morgan fingerprint density at radius 2 is 2.08 bits per heavy atom. The summed E-state index contributed by atoms with van der Waals surface area (Å²) in [5.74, 6) is 0.683. The molecule has 0 atom stereocenters. The Kier molecular flexibility index (Phi) is 6.23. The van der Waals surface area contributed by atoms with Gasteiger partial charge < -0.3 is 9.30 Å². The van der Waals surface area contributed by atoms with E-state index < -0.39 is 0 Å². The molecular formula is C18H23ClN2OS2. The SMILES string of the molecule is CCCn1cc(C(C)(C)C)s/c1=N\C(=S)c1cc(Cl)ccc1OC. The van der Waals surface area contributed by atoms with Gasteiger partial charge in [0.05, 0.1) is 12.7 Å². The number of thiazole rings is 1. The van der Waals surface area contributed by atoms with E-state index >= 15 is 0 Å². The number of rotatable bonds is 4. The number of benzene rings is 1. The Balaban J connectivity index is 2.52. The van der Waals surface area contributed by atoms with Crippen LogP contribution in [0.25, 0.3) is 0 Å². The van der Waals surface area contributed by atoms with Crippen LogP contribution in [0.5, 0.6) is 5.75 Å². The highest BCUT2D eigenvalue weighted by Gasteiger charge is 2.18. The quantitative estimate of drug-likeness (QED) is 0.679. The molecule has 0 bridgehead atoms. The molecule has 0 aliphatic heterocycles. The van der Waals surface area contributed by atoms with E-state index in [-0.39, 0.29) is 5.41 Å². The van der Waals surface area contributed by atoms with Gasteiger partial charge in [0.1, 0.15) is 10.7 Å². The molecule has 0 amide bonds. The fraction of sp³-hybridized carbons (Fsp3) is 0.444. The lowest BCUT2D eigenvalue weighted by atomic mass is 9.95. The van der Waals surface area contributed by atoms with E-state index in [4.69, 9.17) is 33.5 Å². The third kappa shape index (κ3) is 4.47. The van der Waals surface area contributed by atoms with E-state index in [1.165, 1.54) is 4.88 Å². The number of nitrogens with zero attached hydrogens (tertiary/aromatic N) is 2. The van der Waals surface area contributed by atoms with Crippen molar-refractivity contribution in [1.82, 2.24) is 4.57 Å². The van der Waals surface area contributed by atoms with Gasteiger partial charge in [0, 0.05) is 22.6 Å². The summed E-state index contributed by atoms with van der Waals surface area (Å²) in [7, 11) is 1.62. The molecule has 0 unspecified atom stereocenters. The van der Waals surface area contributed by atoms with E-state index in [2.05, 4.69) is 38.5 Å². The van der Waals surface area contributed by atoms with Gasteiger partial charge in [-0.2, -0.15) is 0 Å². The third-order valence-corrected chi connectivity index (χ3v) is 5.51. The van der Waals surface area contributed by atoms with Gasteiger partial charge in [0.25, 0.3) is 0 Å². The highest BCUT2D eigenvalue weighted by atomic mass is 35.5. The highest BCUT2D eigenvalue weighted by molar-refractivity contribution is 7.80. The van der Waals surface area contributed by atoms with Crippen molar-refractivity contribution in [2.45, 2.75) is 46.1 Å². The first-order valence-corrected chi connectivity index (χ1v) is 9.50.